The number of nitrogen functional groups attached to an aromatic ring is 1. The summed E-state index contributed by atoms with van der Waals surface area (Å²) in [6, 6.07) is 8.71. The van der Waals surface area contributed by atoms with Gasteiger partial charge in [0.25, 0.3) is 0 Å². The molecule has 0 saturated heterocycles. The second-order valence-corrected chi connectivity index (χ2v) is 4.38. The Morgan fingerprint density at radius 3 is 3.00 bits per heavy atom. The van der Waals surface area contributed by atoms with Gasteiger partial charge in [-0.1, -0.05) is 6.07 Å². The molecule has 0 aliphatic carbocycles. The van der Waals surface area contributed by atoms with Crippen molar-refractivity contribution in [3.63, 3.8) is 0 Å². The number of nitriles is 1. The Hall–Kier alpha value is -3.01. The molecular formula is C15H16N4O3. The van der Waals surface area contributed by atoms with Crippen molar-refractivity contribution in [1.29, 1.82) is 5.26 Å². The van der Waals surface area contributed by atoms with E-state index in [0.29, 0.717) is 23.5 Å². The predicted octanol–water partition coefficient (Wildman–Crippen LogP) is 1.59. The molecule has 0 radical (unpaired) electrons. The first-order valence-electron chi connectivity index (χ1n) is 6.77. The van der Waals surface area contributed by atoms with Gasteiger partial charge in [-0.15, -0.1) is 0 Å². The van der Waals surface area contributed by atoms with Gasteiger partial charge in [-0.25, -0.2) is 9.48 Å². The molecule has 1 aromatic heterocycles. The molecule has 0 unspecified atom stereocenters. The second-order valence-electron chi connectivity index (χ2n) is 4.38. The van der Waals surface area contributed by atoms with Gasteiger partial charge in [0, 0.05) is 0 Å². The van der Waals surface area contributed by atoms with Gasteiger partial charge in [-0.2, -0.15) is 10.4 Å². The summed E-state index contributed by atoms with van der Waals surface area (Å²) in [6.07, 6.45) is 1.38. The number of rotatable bonds is 6. The molecule has 0 aliphatic rings. The standard InChI is InChI=1S/C15H16N4O3/c1-2-21-13-5-3-4-11(8-13)15(20)22-7-6-19-14(17)12(9-16)10-18-19/h3-5,8,10H,2,6-7,17H2,1H3. The van der Waals surface area contributed by atoms with Gasteiger partial charge in [0.1, 0.15) is 29.8 Å². The monoisotopic (exact) mass is 300 g/mol. The minimum atomic E-state index is -0.451. The second kappa shape index (κ2) is 7.13. The molecule has 114 valence electrons. The van der Waals surface area contributed by atoms with E-state index in [1.807, 2.05) is 13.0 Å². The summed E-state index contributed by atoms with van der Waals surface area (Å²) in [5.74, 6) is 0.427. The zero-order chi connectivity index (χ0) is 15.9. The SMILES string of the molecule is CCOc1cccc(C(=O)OCCn2ncc(C#N)c2N)c1. The van der Waals surface area contributed by atoms with Crippen LogP contribution in [0.3, 0.4) is 0 Å². The van der Waals surface area contributed by atoms with Crippen LogP contribution in [0.25, 0.3) is 0 Å². The Bertz CT molecular complexity index is 703. The number of ether oxygens (including phenoxy) is 2. The predicted molar refractivity (Wildman–Crippen MR) is 79.2 cm³/mol. The van der Waals surface area contributed by atoms with Crippen LogP contribution in [0, 0.1) is 11.3 Å². The normalized spacial score (nSPS) is 10.0. The van der Waals surface area contributed by atoms with Gasteiger partial charge >= 0.3 is 5.97 Å². The average molecular weight is 300 g/mol. The third kappa shape index (κ3) is 3.55. The highest BCUT2D eigenvalue weighted by atomic mass is 16.5. The molecule has 2 aromatic rings. The fourth-order valence-corrected chi connectivity index (χ4v) is 1.85. The van der Waals surface area contributed by atoms with Crippen LogP contribution in [0.1, 0.15) is 22.8 Å². The zero-order valence-electron chi connectivity index (χ0n) is 12.2. The number of carbonyl (C=O) groups is 1. The average Bonchev–Trinajstić information content (AvgIpc) is 2.88. The molecule has 0 aliphatic heterocycles. The lowest BCUT2D eigenvalue weighted by Gasteiger charge is -2.08. The molecule has 1 aromatic carbocycles. The molecule has 0 amide bonds. The number of hydrogen-bond donors (Lipinski definition) is 1. The zero-order valence-corrected chi connectivity index (χ0v) is 12.2. The summed E-state index contributed by atoms with van der Waals surface area (Å²) in [5, 5.41) is 12.7. The van der Waals surface area contributed by atoms with Crippen LogP contribution < -0.4 is 10.5 Å². The summed E-state index contributed by atoms with van der Waals surface area (Å²) in [4.78, 5) is 11.9. The number of benzene rings is 1. The van der Waals surface area contributed by atoms with Crippen molar-refractivity contribution >= 4 is 11.8 Å². The number of hydrogen-bond acceptors (Lipinski definition) is 6. The number of nitrogens with zero attached hydrogens (tertiary/aromatic N) is 3. The molecule has 2 rings (SSSR count). The molecule has 7 heteroatoms. The van der Waals surface area contributed by atoms with Gasteiger partial charge in [0.15, 0.2) is 0 Å². The quantitative estimate of drug-likeness (QED) is 0.813. The number of esters is 1. The molecule has 0 fully saturated rings. The highest BCUT2D eigenvalue weighted by Gasteiger charge is 2.10. The van der Waals surface area contributed by atoms with Gasteiger partial charge < -0.3 is 15.2 Å². The Morgan fingerprint density at radius 2 is 2.32 bits per heavy atom. The number of anilines is 1. The summed E-state index contributed by atoms with van der Waals surface area (Å²) in [7, 11) is 0. The third-order valence-electron chi connectivity index (χ3n) is 2.92. The smallest absolute Gasteiger partial charge is 0.338 e. The molecule has 0 spiro atoms. The minimum absolute atomic E-state index is 0.106. The van der Waals surface area contributed by atoms with Crippen molar-refractivity contribution in [1.82, 2.24) is 9.78 Å². The minimum Gasteiger partial charge on any atom is -0.494 e. The maximum absolute atomic E-state index is 11.9. The van der Waals surface area contributed by atoms with E-state index in [4.69, 9.17) is 20.5 Å². The molecule has 1 heterocycles. The van der Waals surface area contributed by atoms with Gasteiger partial charge in [-0.05, 0) is 25.1 Å². The van der Waals surface area contributed by atoms with Crippen molar-refractivity contribution in [2.24, 2.45) is 0 Å². The van der Waals surface area contributed by atoms with E-state index in [2.05, 4.69) is 5.10 Å². The van der Waals surface area contributed by atoms with Crippen LogP contribution in [0.2, 0.25) is 0 Å². The Labute approximate surface area is 127 Å². The molecule has 22 heavy (non-hydrogen) atoms. The number of aromatic nitrogens is 2. The first-order valence-corrected chi connectivity index (χ1v) is 6.77. The molecule has 0 bridgehead atoms. The van der Waals surface area contributed by atoms with Gasteiger partial charge in [0.05, 0.1) is 24.9 Å². The van der Waals surface area contributed by atoms with E-state index in [-0.39, 0.29) is 19.0 Å². The van der Waals surface area contributed by atoms with E-state index in [9.17, 15) is 4.79 Å². The topological polar surface area (TPSA) is 103 Å². The summed E-state index contributed by atoms with van der Waals surface area (Å²) >= 11 is 0. The molecule has 7 nitrogen and oxygen atoms in total. The number of nitrogens with two attached hydrogens (primary N) is 1. The Kier molecular flexibility index (Phi) is 4.98. The van der Waals surface area contributed by atoms with Crippen LogP contribution in [0.15, 0.2) is 30.5 Å². The fraction of sp³-hybridized carbons (Fsp3) is 0.267. The van der Waals surface area contributed by atoms with Crippen LogP contribution in [0.4, 0.5) is 5.82 Å². The summed E-state index contributed by atoms with van der Waals surface area (Å²) in [6.45, 7) is 2.78. The van der Waals surface area contributed by atoms with Crippen LogP contribution in [-0.2, 0) is 11.3 Å². The fourth-order valence-electron chi connectivity index (χ4n) is 1.85. The van der Waals surface area contributed by atoms with E-state index in [1.165, 1.54) is 10.9 Å². The lowest BCUT2D eigenvalue weighted by Crippen LogP contribution is -2.14. The molecule has 2 N–H and O–H groups in total. The largest absolute Gasteiger partial charge is 0.494 e. The molecule has 0 atom stereocenters. The highest BCUT2D eigenvalue weighted by Crippen LogP contribution is 2.14. The van der Waals surface area contributed by atoms with Gasteiger partial charge in [0.2, 0.25) is 0 Å². The third-order valence-corrected chi connectivity index (χ3v) is 2.92. The van der Waals surface area contributed by atoms with E-state index < -0.39 is 5.97 Å². The Morgan fingerprint density at radius 1 is 1.50 bits per heavy atom. The highest BCUT2D eigenvalue weighted by molar-refractivity contribution is 5.89. The van der Waals surface area contributed by atoms with Crippen molar-refractivity contribution in [3.8, 4) is 11.8 Å². The Balaban J connectivity index is 1.91. The van der Waals surface area contributed by atoms with Crippen LogP contribution in [-0.4, -0.2) is 29.0 Å². The van der Waals surface area contributed by atoms with Gasteiger partial charge in [-0.3, -0.25) is 0 Å². The first-order chi connectivity index (χ1) is 10.7. The van der Waals surface area contributed by atoms with Crippen molar-refractivity contribution < 1.29 is 14.3 Å². The summed E-state index contributed by atoms with van der Waals surface area (Å²) < 4.78 is 11.9. The molecule has 0 saturated carbocycles. The number of carbonyl (C=O) groups excluding carboxylic acids is 1. The maximum atomic E-state index is 11.9. The van der Waals surface area contributed by atoms with Crippen LogP contribution >= 0.6 is 0 Å². The van der Waals surface area contributed by atoms with Crippen molar-refractivity contribution in [2.45, 2.75) is 13.5 Å². The van der Waals surface area contributed by atoms with E-state index in [1.54, 1.807) is 24.3 Å². The lowest BCUT2D eigenvalue weighted by molar-refractivity contribution is 0.0488. The first kappa shape index (κ1) is 15.4. The van der Waals surface area contributed by atoms with Crippen molar-refractivity contribution in [2.75, 3.05) is 18.9 Å². The maximum Gasteiger partial charge on any atom is 0.338 e. The van der Waals surface area contributed by atoms with Crippen LogP contribution in [0.5, 0.6) is 5.75 Å². The summed E-state index contributed by atoms with van der Waals surface area (Å²) in [5.41, 5.74) is 6.43. The molecular weight excluding hydrogens is 284 g/mol. The van der Waals surface area contributed by atoms with E-state index >= 15 is 0 Å². The van der Waals surface area contributed by atoms with E-state index in [0.717, 1.165) is 0 Å². The lowest BCUT2D eigenvalue weighted by atomic mass is 10.2. The van der Waals surface area contributed by atoms with Crippen molar-refractivity contribution in [3.05, 3.63) is 41.6 Å².